The second kappa shape index (κ2) is 4.68. The number of hydrogen-bond acceptors (Lipinski definition) is 4. The predicted octanol–water partition coefficient (Wildman–Crippen LogP) is -3.91. The molecule has 0 amide bonds. The van der Waals surface area contributed by atoms with Gasteiger partial charge in [0.25, 0.3) is 0 Å². The summed E-state index contributed by atoms with van der Waals surface area (Å²) >= 11 is 0. The van der Waals surface area contributed by atoms with Gasteiger partial charge in [0.05, 0.1) is 0 Å². The van der Waals surface area contributed by atoms with E-state index in [0.717, 1.165) is 0 Å². The van der Waals surface area contributed by atoms with Crippen molar-refractivity contribution in [3.63, 3.8) is 0 Å². The molecule has 0 atom stereocenters. The third-order valence-corrected chi connectivity index (χ3v) is 0. The second-order valence-electron chi connectivity index (χ2n) is 0.600. The van der Waals surface area contributed by atoms with Gasteiger partial charge >= 0.3 is 26.6 Å². The number of rotatable bonds is 0. The summed E-state index contributed by atoms with van der Waals surface area (Å²) in [5.74, 6) is 0. The summed E-state index contributed by atoms with van der Waals surface area (Å²) in [6.07, 6.45) is 0. The molecule has 48 valence electrons. The van der Waals surface area contributed by atoms with Gasteiger partial charge in [-0.15, -0.1) is 0 Å². The molecule has 0 aromatic rings. The molecule has 0 spiro atoms. The molecular formula is H9FGeO4Si. The summed E-state index contributed by atoms with van der Waals surface area (Å²) < 4.78 is 0. The Morgan fingerprint density at radius 2 is 0.857 bits per heavy atom. The molecule has 4 nitrogen and oxygen atoms in total. The standard InChI is InChI=1S/FH.GeH4.H4O4Si/c;;1-5(2,3)4/h1H;1H4;1-4H. The van der Waals surface area contributed by atoms with Crippen LogP contribution in [0, 0.1) is 0 Å². The maximum absolute atomic E-state index is 7.33. The van der Waals surface area contributed by atoms with E-state index in [1.807, 2.05) is 0 Å². The first kappa shape index (κ1) is 15.6. The Morgan fingerprint density at radius 3 is 0.857 bits per heavy atom. The van der Waals surface area contributed by atoms with Crippen LogP contribution in [0.5, 0.6) is 0 Å². The Balaban J connectivity index is -0.0000000800. The quantitative estimate of drug-likeness (QED) is 0.296. The van der Waals surface area contributed by atoms with Crippen LogP contribution in [0.3, 0.4) is 0 Å². The Hall–Kier alpha value is 0.530. The van der Waals surface area contributed by atoms with Gasteiger partial charge in [0.1, 0.15) is 0 Å². The third-order valence-electron chi connectivity index (χ3n) is 0. The summed E-state index contributed by atoms with van der Waals surface area (Å²) in [4.78, 5) is 29.3. The van der Waals surface area contributed by atoms with E-state index in [-0.39, 0.29) is 22.3 Å². The molecule has 0 fully saturated rings. The predicted molar refractivity (Wildman–Crippen MR) is 28.5 cm³/mol. The molecule has 7 heavy (non-hydrogen) atoms. The van der Waals surface area contributed by atoms with Crippen molar-refractivity contribution in [2.24, 2.45) is 0 Å². The zero-order chi connectivity index (χ0) is 4.50. The van der Waals surface area contributed by atoms with Crippen LogP contribution in [0.4, 0.5) is 4.70 Å². The van der Waals surface area contributed by atoms with Crippen LogP contribution in [0.25, 0.3) is 0 Å². The van der Waals surface area contributed by atoms with Crippen LogP contribution in [-0.2, 0) is 0 Å². The van der Waals surface area contributed by atoms with Crippen molar-refractivity contribution in [3.8, 4) is 0 Å². The summed E-state index contributed by atoms with van der Waals surface area (Å²) in [7, 11) is -4.61. The van der Waals surface area contributed by atoms with Gasteiger partial charge in [0.2, 0.25) is 0 Å². The summed E-state index contributed by atoms with van der Waals surface area (Å²) in [5.41, 5.74) is 0. The van der Waals surface area contributed by atoms with E-state index >= 15 is 0 Å². The Bertz CT molecular complexity index is 27.2. The van der Waals surface area contributed by atoms with Gasteiger partial charge in [-0.25, -0.2) is 0 Å². The number of hydrogen-bond donors (Lipinski definition) is 4. The molecule has 0 aliphatic heterocycles. The molecular weight excluding hydrogens is 184 g/mol. The fourth-order valence-corrected chi connectivity index (χ4v) is 0. The maximum atomic E-state index is 7.33. The van der Waals surface area contributed by atoms with Gasteiger partial charge in [-0.05, 0) is 0 Å². The molecule has 0 saturated heterocycles. The Morgan fingerprint density at radius 1 is 0.857 bits per heavy atom. The van der Waals surface area contributed by atoms with Gasteiger partial charge in [-0.1, -0.05) is 0 Å². The van der Waals surface area contributed by atoms with Crippen LogP contribution >= 0.6 is 0 Å². The summed E-state index contributed by atoms with van der Waals surface area (Å²) in [5, 5.41) is 0. The van der Waals surface area contributed by atoms with E-state index in [0.29, 0.717) is 0 Å². The monoisotopic (exact) mass is 194 g/mol. The van der Waals surface area contributed by atoms with Crippen LogP contribution in [0.2, 0.25) is 0 Å². The fourth-order valence-electron chi connectivity index (χ4n) is 0. The third kappa shape index (κ3) is 477. The Labute approximate surface area is 51.3 Å². The summed E-state index contributed by atoms with van der Waals surface area (Å²) in [6.45, 7) is 0. The van der Waals surface area contributed by atoms with E-state index in [9.17, 15) is 0 Å². The van der Waals surface area contributed by atoms with Gasteiger partial charge < -0.3 is 19.2 Å². The molecule has 0 saturated carbocycles. The van der Waals surface area contributed by atoms with Crippen LogP contribution < -0.4 is 0 Å². The van der Waals surface area contributed by atoms with E-state index in [4.69, 9.17) is 19.2 Å². The molecule has 0 aliphatic rings. The van der Waals surface area contributed by atoms with E-state index in [1.165, 1.54) is 0 Å². The average Bonchev–Trinajstić information content (AvgIpc) is 0.722. The first-order chi connectivity index (χ1) is 2.00. The molecule has 0 aromatic carbocycles. The molecule has 0 bridgehead atoms. The molecule has 0 heterocycles. The van der Waals surface area contributed by atoms with E-state index < -0.39 is 9.05 Å². The van der Waals surface area contributed by atoms with Crippen LogP contribution in [-0.4, -0.2) is 45.8 Å². The average molecular weight is 193 g/mol. The zero-order valence-corrected chi connectivity index (χ0v) is 3.70. The molecule has 0 unspecified atom stereocenters. The van der Waals surface area contributed by atoms with Gasteiger partial charge in [-0.2, -0.15) is 0 Å². The van der Waals surface area contributed by atoms with Gasteiger partial charge in [0, 0.05) is 0 Å². The number of halogens is 1. The van der Waals surface area contributed by atoms with E-state index in [2.05, 4.69) is 0 Å². The van der Waals surface area contributed by atoms with Gasteiger partial charge in [-0.3, -0.25) is 4.70 Å². The minimum atomic E-state index is -4.61. The summed E-state index contributed by atoms with van der Waals surface area (Å²) in [6, 6.07) is 0. The van der Waals surface area contributed by atoms with Crippen molar-refractivity contribution >= 4 is 26.6 Å². The molecule has 0 radical (unpaired) electrons. The fraction of sp³-hybridized carbons (Fsp3) is 0. The normalized spacial score (nSPS) is 8.57. The van der Waals surface area contributed by atoms with Crippen LogP contribution in [0.15, 0.2) is 0 Å². The minimum absolute atomic E-state index is 0. The topological polar surface area (TPSA) is 80.9 Å². The van der Waals surface area contributed by atoms with Crippen molar-refractivity contribution in [1.29, 1.82) is 0 Å². The SMILES string of the molecule is F.O[Si](O)(O)O.[GeH4]. The first-order valence-electron chi connectivity index (χ1n) is 0.894. The second-order valence-corrected chi connectivity index (χ2v) is 1.80. The van der Waals surface area contributed by atoms with Crippen molar-refractivity contribution in [2.45, 2.75) is 0 Å². The molecule has 0 rings (SSSR count). The van der Waals surface area contributed by atoms with E-state index in [1.54, 1.807) is 0 Å². The van der Waals surface area contributed by atoms with Gasteiger partial charge in [0.15, 0.2) is 0 Å². The molecule has 7 heteroatoms. The molecule has 4 N–H and O–H groups in total. The first-order valence-corrected chi connectivity index (χ1v) is 2.68. The van der Waals surface area contributed by atoms with Crippen molar-refractivity contribution in [3.05, 3.63) is 0 Å². The van der Waals surface area contributed by atoms with Crippen molar-refractivity contribution < 1.29 is 23.9 Å². The van der Waals surface area contributed by atoms with Crippen molar-refractivity contribution in [1.82, 2.24) is 0 Å². The zero-order valence-electron chi connectivity index (χ0n) is 2.70. The molecule has 0 aromatic heterocycles. The van der Waals surface area contributed by atoms with Crippen LogP contribution in [0.1, 0.15) is 0 Å². The molecule has 0 aliphatic carbocycles. The van der Waals surface area contributed by atoms with Crippen molar-refractivity contribution in [2.75, 3.05) is 0 Å². The Kier molecular flexibility index (Phi) is 10.5.